The maximum Gasteiger partial charge on any atom is 0.225 e. The Kier molecular flexibility index (Phi) is 5.23. The number of nitrogens with one attached hydrogen (secondary N) is 2. The zero-order valence-electron chi connectivity index (χ0n) is 14.9. The van der Waals surface area contributed by atoms with E-state index in [1.807, 2.05) is 25.1 Å². The van der Waals surface area contributed by atoms with Crippen molar-refractivity contribution >= 4 is 17.5 Å². The highest BCUT2D eigenvalue weighted by molar-refractivity contribution is 5.70. The number of anilines is 3. The molecule has 0 bridgehead atoms. The van der Waals surface area contributed by atoms with E-state index in [1.54, 1.807) is 12.4 Å². The van der Waals surface area contributed by atoms with Crippen molar-refractivity contribution in [2.24, 2.45) is 0 Å². The molecular formula is C20H23N5. The van der Waals surface area contributed by atoms with Gasteiger partial charge in [-0.1, -0.05) is 25.1 Å². The van der Waals surface area contributed by atoms with Crippen LogP contribution in [-0.2, 0) is 6.42 Å². The lowest BCUT2D eigenvalue weighted by Gasteiger charge is -2.15. The Hall–Kier alpha value is -2.95. The van der Waals surface area contributed by atoms with Crippen LogP contribution in [0.4, 0.5) is 17.5 Å². The molecule has 0 fully saturated rings. The normalized spacial score (nSPS) is 10.5. The van der Waals surface area contributed by atoms with Crippen molar-refractivity contribution in [1.82, 2.24) is 15.0 Å². The molecule has 2 heterocycles. The highest BCUT2D eigenvalue weighted by Gasteiger charge is 2.10. The molecule has 0 saturated heterocycles. The third-order valence-corrected chi connectivity index (χ3v) is 4.03. The minimum absolute atomic E-state index is 0.617. The minimum Gasteiger partial charge on any atom is -0.354 e. The fraction of sp³-hybridized carbons (Fsp3) is 0.250. The molecule has 1 aromatic carbocycles. The summed E-state index contributed by atoms with van der Waals surface area (Å²) in [6, 6.07) is 12.2. The van der Waals surface area contributed by atoms with Crippen LogP contribution in [0, 0.1) is 6.92 Å². The molecule has 0 saturated carbocycles. The number of aryl methyl sites for hydroxylation is 2. The lowest BCUT2D eigenvalue weighted by molar-refractivity contribution is 1.08. The average molecular weight is 333 g/mol. The summed E-state index contributed by atoms with van der Waals surface area (Å²) in [7, 11) is 0. The summed E-state index contributed by atoms with van der Waals surface area (Å²) < 4.78 is 0. The van der Waals surface area contributed by atoms with Gasteiger partial charge in [0.05, 0.1) is 5.69 Å². The molecule has 0 atom stereocenters. The molecular weight excluding hydrogens is 310 g/mol. The summed E-state index contributed by atoms with van der Waals surface area (Å²) in [5.41, 5.74) is 5.47. The highest BCUT2D eigenvalue weighted by atomic mass is 15.1. The van der Waals surface area contributed by atoms with Crippen molar-refractivity contribution in [3.8, 4) is 11.3 Å². The molecule has 0 amide bonds. The Morgan fingerprint density at radius 1 is 1.00 bits per heavy atom. The average Bonchev–Trinajstić information content (AvgIpc) is 2.64. The first kappa shape index (κ1) is 16.9. The lowest BCUT2D eigenvalue weighted by atomic mass is 10.1. The van der Waals surface area contributed by atoms with Gasteiger partial charge in [0, 0.05) is 36.3 Å². The van der Waals surface area contributed by atoms with Crippen LogP contribution >= 0.6 is 0 Å². The monoisotopic (exact) mass is 333 g/mol. The van der Waals surface area contributed by atoms with Gasteiger partial charge in [0.1, 0.15) is 5.82 Å². The van der Waals surface area contributed by atoms with E-state index in [2.05, 4.69) is 57.6 Å². The molecule has 0 spiro atoms. The summed E-state index contributed by atoms with van der Waals surface area (Å²) in [6.07, 6.45) is 4.51. The molecule has 5 heteroatoms. The summed E-state index contributed by atoms with van der Waals surface area (Å²) in [6.45, 7) is 7.07. The SMILES string of the molecule is CCNc1nc(Nc2c(C)cccc2CC)cc(-c2ccncc2)n1. The molecule has 5 nitrogen and oxygen atoms in total. The number of hydrogen-bond donors (Lipinski definition) is 2. The topological polar surface area (TPSA) is 62.7 Å². The second-order valence-corrected chi connectivity index (χ2v) is 5.82. The van der Waals surface area contributed by atoms with E-state index in [4.69, 9.17) is 0 Å². The van der Waals surface area contributed by atoms with Crippen LogP contribution in [0.15, 0.2) is 48.8 Å². The first-order chi connectivity index (χ1) is 12.2. The lowest BCUT2D eigenvalue weighted by Crippen LogP contribution is -2.06. The third-order valence-electron chi connectivity index (χ3n) is 4.03. The fourth-order valence-corrected chi connectivity index (χ4v) is 2.75. The number of hydrogen-bond acceptors (Lipinski definition) is 5. The van der Waals surface area contributed by atoms with Gasteiger partial charge in [-0.25, -0.2) is 4.98 Å². The maximum atomic E-state index is 4.61. The first-order valence-electron chi connectivity index (χ1n) is 8.60. The molecule has 0 aliphatic rings. The van der Waals surface area contributed by atoms with Gasteiger partial charge in [0.15, 0.2) is 0 Å². The molecule has 128 valence electrons. The predicted octanol–water partition coefficient (Wildman–Crippen LogP) is 4.58. The molecule has 0 aliphatic heterocycles. The second kappa shape index (κ2) is 7.75. The number of para-hydroxylation sites is 1. The van der Waals surface area contributed by atoms with Crippen LogP contribution in [-0.4, -0.2) is 21.5 Å². The molecule has 2 aromatic heterocycles. The predicted molar refractivity (Wildman–Crippen MR) is 103 cm³/mol. The van der Waals surface area contributed by atoms with Gasteiger partial charge in [-0.15, -0.1) is 0 Å². The quantitative estimate of drug-likeness (QED) is 0.691. The van der Waals surface area contributed by atoms with E-state index >= 15 is 0 Å². The minimum atomic E-state index is 0.617. The van der Waals surface area contributed by atoms with E-state index in [0.717, 1.165) is 35.7 Å². The highest BCUT2D eigenvalue weighted by Crippen LogP contribution is 2.27. The van der Waals surface area contributed by atoms with Gasteiger partial charge in [0.2, 0.25) is 5.95 Å². The summed E-state index contributed by atoms with van der Waals surface area (Å²) in [5.74, 6) is 1.40. The standard InChI is InChI=1S/C20H23N5/c1-4-15-8-6-7-14(3)19(15)24-18-13-17(16-9-11-21-12-10-16)23-20(25-18)22-5-2/h6-13H,4-5H2,1-3H3,(H2,22,23,24,25). The van der Waals surface area contributed by atoms with Gasteiger partial charge < -0.3 is 10.6 Å². The van der Waals surface area contributed by atoms with Crippen LogP contribution < -0.4 is 10.6 Å². The van der Waals surface area contributed by atoms with Gasteiger partial charge in [-0.05, 0) is 43.5 Å². The molecule has 3 rings (SSSR count). The van der Waals surface area contributed by atoms with Crippen molar-refractivity contribution < 1.29 is 0 Å². The van der Waals surface area contributed by atoms with E-state index in [0.29, 0.717) is 5.95 Å². The molecule has 0 radical (unpaired) electrons. The van der Waals surface area contributed by atoms with Gasteiger partial charge in [0.25, 0.3) is 0 Å². The summed E-state index contributed by atoms with van der Waals surface area (Å²) >= 11 is 0. The Balaban J connectivity index is 2.03. The number of benzene rings is 1. The van der Waals surface area contributed by atoms with Crippen molar-refractivity contribution in [2.45, 2.75) is 27.2 Å². The van der Waals surface area contributed by atoms with E-state index in [9.17, 15) is 0 Å². The van der Waals surface area contributed by atoms with Crippen molar-refractivity contribution in [3.05, 3.63) is 59.9 Å². The Morgan fingerprint density at radius 3 is 2.52 bits per heavy atom. The van der Waals surface area contributed by atoms with Gasteiger partial charge in [-0.3, -0.25) is 4.98 Å². The number of nitrogens with zero attached hydrogens (tertiary/aromatic N) is 3. The van der Waals surface area contributed by atoms with Gasteiger partial charge >= 0.3 is 0 Å². The van der Waals surface area contributed by atoms with Crippen LogP contribution in [0.3, 0.4) is 0 Å². The molecule has 3 aromatic rings. The Morgan fingerprint density at radius 2 is 1.80 bits per heavy atom. The van der Waals surface area contributed by atoms with Crippen LogP contribution in [0.5, 0.6) is 0 Å². The summed E-state index contributed by atoms with van der Waals surface area (Å²) in [5, 5.41) is 6.70. The second-order valence-electron chi connectivity index (χ2n) is 5.82. The van der Waals surface area contributed by atoms with Crippen LogP contribution in [0.2, 0.25) is 0 Å². The van der Waals surface area contributed by atoms with Crippen molar-refractivity contribution in [2.75, 3.05) is 17.2 Å². The zero-order chi connectivity index (χ0) is 17.6. The largest absolute Gasteiger partial charge is 0.354 e. The number of aromatic nitrogens is 3. The zero-order valence-corrected chi connectivity index (χ0v) is 14.9. The molecule has 0 aliphatic carbocycles. The van der Waals surface area contributed by atoms with Crippen molar-refractivity contribution in [1.29, 1.82) is 0 Å². The fourth-order valence-electron chi connectivity index (χ4n) is 2.75. The van der Waals surface area contributed by atoms with E-state index in [-0.39, 0.29) is 0 Å². The van der Waals surface area contributed by atoms with Crippen LogP contribution in [0.25, 0.3) is 11.3 Å². The maximum absolute atomic E-state index is 4.61. The van der Waals surface area contributed by atoms with E-state index in [1.165, 1.54) is 11.1 Å². The smallest absolute Gasteiger partial charge is 0.225 e. The molecule has 2 N–H and O–H groups in total. The van der Waals surface area contributed by atoms with Crippen LogP contribution in [0.1, 0.15) is 25.0 Å². The van der Waals surface area contributed by atoms with Crippen molar-refractivity contribution in [3.63, 3.8) is 0 Å². The Labute approximate surface area is 148 Å². The van der Waals surface area contributed by atoms with Gasteiger partial charge in [-0.2, -0.15) is 4.98 Å². The first-order valence-corrected chi connectivity index (χ1v) is 8.60. The third kappa shape index (κ3) is 3.94. The Bertz CT molecular complexity index is 846. The number of pyridine rings is 1. The molecule has 0 unspecified atom stereocenters. The van der Waals surface area contributed by atoms with E-state index < -0.39 is 0 Å². The number of rotatable bonds is 6. The summed E-state index contributed by atoms with van der Waals surface area (Å²) in [4.78, 5) is 13.3. The molecule has 25 heavy (non-hydrogen) atoms.